The lowest BCUT2D eigenvalue weighted by Gasteiger charge is -2.25. The predicted molar refractivity (Wildman–Crippen MR) is 165 cm³/mol. The van der Waals surface area contributed by atoms with Crippen molar-refractivity contribution in [3.05, 3.63) is 69.2 Å². The molecule has 0 aliphatic carbocycles. The van der Waals surface area contributed by atoms with Gasteiger partial charge < -0.3 is 20.4 Å². The number of hydrogen-bond acceptors (Lipinski definition) is 5. The number of aryl methyl sites for hydroxylation is 3. The summed E-state index contributed by atoms with van der Waals surface area (Å²) in [5.41, 5.74) is 5.73. The molecule has 2 unspecified atom stereocenters. The molecule has 0 aliphatic rings. The second-order valence-corrected chi connectivity index (χ2v) is 11.0. The van der Waals surface area contributed by atoms with Gasteiger partial charge in [-0.25, -0.2) is 0 Å². The van der Waals surface area contributed by atoms with Crippen LogP contribution >= 0.6 is 11.6 Å². The molecule has 0 spiro atoms. The first-order chi connectivity index (χ1) is 18.7. The minimum Gasteiger partial charge on any atom is -0.399 e. The van der Waals surface area contributed by atoms with Crippen LogP contribution in [0.15, 0.2) is 41.6 Å². The molecule has 2 N–H and O–H groups in total. The van der Waals surface area contributed by atoms with Crippen LogP contribution in [0, 0.1) is 20.8 Å². The molecule has 1 amide bonds. The highest BCUT2D eigenvalue weighted by Crippen LogP contribution is 2.27. The molecule has 7 heteroatoms. The van der Waals surface area contributed by atoms with Crippen LogP contribution in [0.4, 0.5) is 0 Å². The molecule has 2 aromatic carbocycles. The number of amides is 1. The Balaban J connectivity index is 2.15. The summed E-state index contributed by atoms with van der Waals surface area (Å²) in [5, 5.41) is 12.5. The topological polar surface area (TPSA) is 66.0 Å². The first-order valence-electron chi connectivity index (χ1n) is 14.3. The van der Waals surface area contributed by atoms with E-state index in [1.54, 1.807) is 12.0 Å². The van der Waals surface area contributed by atoms with Crippen molar-refractivity contribution in [1.29, 1.82) is 0 Å². The van der Waals surface area contributed by atoms with E-state index >= 15 is 0 Å². The molecule has 39 heavy (non-hydrogen) atoms. The number of nitrogens with zero attached hydrogens (tertiary/aromatic N) is 2. The molecule has 0 saturated carbocycles. The van der Waals surface area contributed by atoms with Gasteiger partial charge in [0.1, 0.15) is 7.11 Å². The van der Waals surface area contributed by atoms with Crippen molar-refractivity contribution >= 4 is 23.2 Å². The number of carbonyl (C=O) groups is 1. The molecule has 0 bridgehead atoms. The Morgan fingerprint density at radius 3 is 2.33 bits per heavy atom. The zero-order valence-electron chi connectivity index (χ0n) is 25.1. The van der Waals surface area contributed by atoms with Crippen molar-refractivity contribution in [3.63, 3.8) is 0 Å². The summed E-state index contributed by atoms with van der Waals surface area (Å²) in [7, 11) is 3.37. The maximum absolute atomic E-state index is 13.3. The van der Waals surface area contributed by atoms with Gasteiger partial charge >= 0.3 is 0 Å². The summed E-state index contributed by atoms with van der Waals surface area (Å²) in [6.07, 6.45) is 5.46. The summed E-state index contributed by atoms with van der Waals surface area (Å²) in [4.78, 5) is 20.3. The lowest BCUT2D eigenvalue weighted by molar-refractivity contribution is 0.0812. The lowest BCUT2D eigenvalue weighted by Crippen LogP contribution is -2.36. The van der Waals surface area contributed by atoms with Crippen LogP contribution < -0.4 is 10.6 Å². The summed E-state index contributed by atoms with van der Waals surface area (Å²) in [6, 6.07) is 12.6. The highest BCUT2D eigenvalue weighted by atomic mass is 35.5. The van der Waals surface area contributed by atoms with Crippen LogP contribution in [-0.2, 0) is 4.84 Å². The van der Waals surface area contributed by atoms with E-state index in [0.717, 1.165) is 71.9 Å². The lowest BCUT2D eigenvalue weighted by atomic mass is 9.89. The molecular weight excluding hydrogens is 508 g/mol. The molecule has 0 saturated heterocycles. The SMILES string of the molecule is CCCCNC(CC)CCNCCC(/C(CN(C)C(=O)c1cc(C)cc(C)c1)=N/OC)c1ccc(C)c(Cl)c1. The smallest absolute Gasteiger partial charge is 0.253 e. The number of hydrogen-bond donors (Lipinski definition) is 2. The number of unbranched alkanes of at least 4 members (excludes halogenated alkanes) is 1. The van der Waals surface area contributed by atoms with Gasteiger partial charge in [0.25, 0.3) is 5.91 Å². The van der Waals surface area contributed by atoms with E-state index in [1.165, 1.54) is 12.8 Å². The minimum absolute atomic E-state index is 0.0365. The van der Waals surface area contributed by atoms with Crippen LogP contribution in [-0.4, -0.2) is 62.9 Å². The second-order valence-electron chi connectivity index (χ2n) is 10.6. The molecule has 0 aliphatic heterocycles. The fourth-order valence-corrected chi connectivity index (χ4v) is 5.07. The van der Waals surface area contributed by atoms with Crippen molar-refractivity contribution in [2.75, 3.05) is 40.3 Å². The number of halogens is 1. The van der Waals surface area contributed by atoms with Crippen molar-refractivity contribution in [3.8, 4) is 0 Å². The minimum atomic E-state index is -0.0466. The van der Waals surface area contributed by atoms with Gasteiger partial charge in [0.2, 0.25) is 0 Å². The Morgan fingerprint density at radius 1 is 1.03 bits per heavy atom. The highest BCUT2D eigenvalue weighted by Gasteiger charge is 2.24. The summed E-state index contributed by atoms with van der Waals surface area (Å²) in [6.45, 7) is 13.7. The normalized spacial score (nSPS) is 13.3. The maximum Gasteiger partial charge on any atom is 0.253 e. The van der Waals surface area contributed by atoms with Crippen molar-refractivity contribution in [2.24, 2.45) is 5.16 Å². The third-order valence-electron chi connectivity index (χ3n) is 7.16. The van der Waals surface area contributed by atoms with Crippen LogP contribution in [0.5, 0.6) is 0 Å². The fraction of sp³-hybridized carbons (Fsp3) is 0.562. The van der Waals surface area contributed by atoms with E-state index in [2.05, 4.69) is 41.8 Å². The first-order valence-corrected chi connectivity index (χ1v) is 14.7. The third kappa shape index (κ3) is 10.9. The van der Waals surface area contributed by atoms with E-state index in [1.807, 2.05) is 52.1 Å². The molecule has 0 aromatic heterocycles. The zero-order chi connectivity index (χ0) is 28.8. The average molecular weight is 557 g/mol. The van der Waals surface area contributed by atoms with E-state index in [9.17, 15) is 4.79 Å². The molecule has 2 aromatic rings. The molecule has 2 atom stereocenters. The number of nitrogens with one attached hydrogen (secondary N) is 2. The van der Waals surface area contributed by atoms with Crippen molar-refractivity contribution in [1.82, 2.24) is 15.5 Å². The van der Waals surface area contributed by atoms with Crippen LogP contribution in [0.3, 0.4) is 0 Å². The maximum atomic E-state index is 13.3. The standard InChI is InChI=1S/C32H49ClN4O2/c1-8-10-15-35-28(9-2)13-16-34-17-14-29(26-12-11-25(5)30(33)21-26)31(36-39-7)22-37(6)32(38)27-19-23(3)18-24(4)20-27/h11-12,18-21,28-29,34-35H,8-10,13-17,22H2,1-7H3/b36-31+. The molecule has 216 valence electrons. The van der Waals surface area contributed by atoms with Crippen LogP contribution in [0.2, 0.25) is 5.02 Å². The van der Waals surface area contributed by atoms with E-state index in [4.69, 9.17) is 16.4 Å². The van der Waals surface area contributed by atoms with E-state index in [-0.39, 0.29) is 11.8 Å². The average Bonchev–Trinajstić information content (AvgIpc) is 2.90. The predicted octanol–water partition coefficient (Wildman–Crippen LogP) is 6.66. The molecule has 2 rings (SSSR count). The van der Waals surface area contributed by atoms with Gasteiger partial charge in [-0.2, -0.15) is 0 Å². The van der Waals surface area contributed by atoms with E-state index in [0.29, 0.717) is 18.2 Å². The first kappa shape index (κ1) is 32.8. The third-order valence-corrected chi connectivity index (χ3v) is 7.57. The fourth-order valence-electron chi connectivity index (χ4n) is 4.89. The Labute approximate surface area is 241 Å². The monoisotopic (exact) mass is 556 g/mol. The molecular formula is C32H49ClN4O2. The number of oxime groups is 1. The Morgan fingerprint density at radius 2 is 1.72 bits per heavy atom. The van der Waals surface area contributed by atoms with Gasteiger partial charge in [0.05, 0.1) is 12.3 Å². The van der Waals surface area contributed by atoms with Gasteiger partial charge in [-0.15, -0.1) is 0 Å². The van der Waals surface area contributed by atoms with Gasteiger partial charge in [0, 0.05) is 29.6 Å². The van der Waals surface area contributed by atoms with Crippen LogP contribution in [0.1, 0.15) is 84.5 Å². The molecule has 0 fully saturated rings. The quantitative estimate of drug-likeness (QED) is 0.130. The number of benzene rings is 2. The molecule has 0 heterocycles. The highest BCUT2D eigenvalue weighted by molar-refractivity contribution is 6.31. The Hall–Kier alpha value is -2.41. The van der Waals surface area contributed by atoms with E-state index < -0.39 is 0 Å². The number of carbonyl (C=O) groups excluding carboxylic acids is 1. The summed E-state index contributed by atoms with van der Waals surface area (Å²) >= 11 is 6.53. The largest absolute Gasteiger partial charge is 0.399 e. The summed E-state index contributed by atoms with van der Waals surface area (Å²) in [5.74, 6) is -0.0831. The zero-order valence-corrected chi connectivity index (χ0v) is 25.8. The van der Waals surface area contributed by atoms with Gasteiger partial charge in [-0.1, -0.05) is 66.4 Å². The van der Waals surface area contributed by atoms with Crippen LogP contribution in [0.25, 0.3) is 0 Å². The number of rotatable bonds is 17. The molecule has 0 radical (unpaired) electrons. The summed E-state index contributed by atoms with van der Waals surface area (Å²) < 4.78 is 0. The van der Waals surface area contributed by atoms with Gasteiger partial charge in [-0.05, 0) is 95.4 Å². The van der Waals surface area contributed by atoms with Gasteiger partial charge in [0.15, 0.2) is 0 Å². The van der Waals surface area contributed by atoms with Gasteiger partial charge in [-0.3, -0.25) is 4.79 Å². The van der Waals surface area contributed by atoms with Crippen molar-refractivity contribution in [2.45, 2.75) is 78.7 Å². The second kappa shape index (κ2) is 17.3. The van der Waals surface area contributed by atoms with Crippen molar-refractivity contribution < 1.29 is 9.63 Å². The molecule has 6 nitrogen and oxygen atoms in total. The Bertz CT molecular complexity index is 1050. The Kier molecular flexibility index (Phi) is 14.6.